The Kier molecular flexibility index (Phi) is 6.85. The molecule has 164 valence electrons. The number of hydrogen-bond donors (Lipinski definition) is 2. The number of para-hydroxylation sites is 1. The van der Waals surface area contributed by atoms with Crippen molar-refractivity contribution in [2.75, 3.05) is 11.9 Å². The summed E-state index contributed by atoms with van der Waals surface area (Å²) in [7, 11) is 0. The predicted molar refractivity (Wildman–Crippen MR) is 126 cm³/mol. The van der Waals surface area contributed by atoms with Crippen molar-refractivity contribution >= 4 is 17.5 Å². The van der Waals surface area contributed by atoms with E-state index in [-0.39, 0.29) is 30.2 Å². The zero-order valence-corrected chi connectivity index (χ0v) is 18.2. The highest BCUT2D eigenvalue weighted by molar-refractivity contribution is 5.94. The zero-order chi connectivity index (χ0) is 22.3. The van der Waals surface area contributed by atoms with Crippen LogP contribution in [0.1, 0.15) is 37.8 Å². The van der Waals surface area contributed by atoms with Gasteiger partial charge in [-0.2, -0.15) is 0 Å². The van der Waals surface area contributed by atoms with Gasteiger partial charge in [0.1, 0.15) is 5.75 Å². The maximum absolute atomic E-state index is 12.4. The molecule has 0 radical (unpaired) electrons. The molecule has 0 saturated heterocycles. The molecule has 1 fully saturated rings. The monoisotopic (exact) mass is 428 g/mol. The third-order valence-corrected chi connectivity index (χ3v) is 5.56. The van der Waals surface area contributed by atoms with Crippen LogP contribution in [0.5, 0.6) is 5.75 Å². The zero-order valence-electron chi connectivity index (χ0n) is 18.2. The average Bonchev–Trinajstić information content (AvgIpc) is 3.66. The molecule has 32 heavy (non-hydrogen) atoms. The van der Waals surface area contributed by atoms with E-state index in [0.717, 1.165) is 41.0 Å². The van der Waals surface area contributed by atoms with Crippen molar-refractivity contribution in [2.24, 2.45) is 5.92 Å². The lowest BCUT2D eigenvalue weighted by molar-refractivity contribution is -0.122. The van der Waals surface area contributed by atoms with Gasteiger partial charge in [-0.15, -0.1) is 0 Å². The molecule has 1 atom stereocenters. The molecule has 0 aromatic heterocycles. The maximum atomic E-state index is 12.4. The van der Waals surface area contributed by atoms with Crippen LogP contribution in [0.4, 0.5) is 5.69 Å². The van der Waals surface area contributed by atoms with E-state index in [1.165, 1.54) is 0 Å². The minimum absolute atomic E-state index is 0.0687. The molecule has 0 spiro atoms. The Bertz CT molecular complexity index is 1060. The fraction of sp³-hybridized carbons (Fsp3) is 0.259. The van der Waals surface area contributed by atoms with Gasteiger partial charge in [0, 0.05) is 17.2 Å². The van der Waals surface area contributed by atoms with E-state index in [2.05, 4.69) is 10.6 Å². The molecule has 0 bridgehead atoms. The van der Waals surface area contributed by atoms with Gasteiger partial charge in [0.2, 0.25) is 11.8 Å². The molecule has 2 N–H and O–H groups in total. The van der Waals surface area contributed by atoms with Crippen LogP contribution >= 0.6 is 0 Å². The predicted octanol–water partition coefficient (Wildman–Crippen LogP) is 5.35. The molecule has 0 aliphatic heterocycles. The number of amides is 2. The van der Waals surface area contributed by atoms with Crippen LogP contribution in [-0.4, -0.2) is 18.4 Å². The van der Waals surface area contributed by atoms with Crippen molar-refractivity contribution < 1.29 is 14.3 Å². The number of nitrogens with one attached hydrogen (secondary N) is 2. The number of carbonyl (C=O) groups is 2. The van der Waals surface area contributed by atoms with Crippen LogP contribution in [0.3, 0.4) is 0 Å². The van der Waals surface area contributed by atoms with Crippen LogP contribution in [0.2, 0.25) is 0 Å². The average molecular weight is 429 g/mol. The molecule has 1 aliphatic rings. The molecule has 1 saturated carbocycles. The number of carbonyl (C=O) groups excluding carboxylic acids is 2. The first kappa shape index (κ1) is 21.6. The van der Waals surface area contributed by atoms with E-state index >= 15 is 0 Å². The third kappa shape index (κ3) is 5.76. The Balaban J connectivity index is 1.26. The van der Waals surface area contributed by atoms with Crippen LogP contribution in [0.15, 0.2) is 78.9 Å². The van der Waals surface area contributed by atoms with Crippen molar-refractivity contribution in [1.29, 1.82) is 0 Å². The highest BCUT2D eigenvalue weighted by atomic mass is 16.5. The first-order valence-electron chi connectivity index (χ1n) is 11.1. The summed E-state index contributed by atoms with van der Waals surface area (Å²) in [5.74, 6) is 0.965. The number of hydrogen-bond acceptors (Lipinski definition) is 3. The molecular weight excluding hydrogens is 400 g/mol. The van der Waals surface area contributed by atoms with Crippen molar-refractivity contribution in [3.63, 3.8) is 0 Å². The third-order valence-electron chi connectivity index (χ3n) is 5.56. The molecule has 1 unspecified atom stereocenters. The lowest BCUT2D eigenvalue weighted by atomic mass is 10.1. The fourth-order valence-corrected chi connectivity index (χ4v) is 3.54. The standard InChI is InChI=1S/C27H28N2O3/c1-19(20-13-15-23(16-14-20)29-27(31)22-11-12-22)28-26(30)17-18-32-25-10-6-5-9-24(25)21-7-3-2-4-8-21/h2-10,13-16,19,22H,11-12,17-18H2,1H3,(H,28,30)(H,29,31). The quantitative estimate of drug-likeness (QED) is 0.483. The summed E-state index contributed by atoms with van der Waals surface area (Å²) in [6.45, 7) is 2.25. The molecular formula is C27H28N2O3. The summed E-state index contributed by atoms with van der Waals surface area (Å²) >= 11 is 0. The van der Waals surface area contributed by atoms with E-state index in [1.807, 2.05) is 85.8 Å². The van der Waals surface area contributed by atoms with Gasteiger partial charge in [-0.25, -0.2) is 0 Å². The Labute approximate surface area is 188 Å². The summed E-state index contributed by atoms with van der Waals surface area (Å²) < 4.78 is 5.93. The summed E-state index contributed by atoms with van der Waals surface area (Å²) in [5, 5.41) is 5.94. The van der Waals surface area contributed by atoms with E-state index in [1.54, 1.807) is 0 Å². The molecule has 5 heteroatoms. The lowest BCUT2D eigenvalue weighted by Crippen LogP contribution is -2.27. The summed E-state index contributed by atoms with van der Waals surface area (Å²) in [4.78, 5) is 24.3. The van der Waals surface area contributed by atoms with E-state index in [0.29, 0.717) is 6.61 Å². The number of benzene rings is 3. The van der Waals surface area contributed by atoms with Crippen molar-refractivity contribution in [3.8, 4) is 16.9 Å². The topological polar surface area (TPSA) is 67.4 Å². The van der Waals surface area contributed by atoms with Crippen molar-refractivity contribution in [2.45, 2.75) is 32.2 Å². The first-order chi connectivity index (χ1) is 15.6. The summed E-state index contributed by atoms with van der Waals surface area (Å²) in [6.07, 6.45) is 2.23. The van der Waals surface area contributed by atoms with Gasteiger partial charge >= 0.3 is 0 Å². The second kappa shape index (κ2) is 10.1. The Hall–Kier alpha value is -3.60. The van der Waals surface area contributed by atoms with Gasteiger partial charge < -0.3 is 15.4 Å². The molecule has 4 rings (SSSR count). The SMILES string of the molecule is CC(NC(=O)CCOc1ccccc1-c1ccccc1)c1ccc(NC(=O)C2CC2)cc1. The highest BCUT2D eigenvalue weighted by Gasteiger charge is 2.29. The van der Waals surface area contributed by atoms with Gasteiger partial charge in [-0.3, -0.25) is 9.59 Å². The maximum Gasteiger partial charge on any atom is 0.227 e. The molecule has 3 aromatic rings. The Morgan fingerprint density at radius 3 is 2.34 bits per heavy atom. The van der Waals surface area contributed by atoms with Crippen molar-refractivity contribution in [1.82, 2.24) is 5.32 Å². The van der Waals surface area contributed by atoms with Crippen LogP contribution < -0.4 is 15.4 Å². The van der Waals surface area contributed by atoms with Gasteiger partial charge in [0.05, 0.1) is 19.1 Å². The normalized spacial score (nSPS) is 13.8. The molecule has 0 heterocycles. The lowest BCUT2D eigenvalue weighted by Gasteiger charge is -2.16. The van der Waals surface area contributed by atoms with Crippen molar-refractivity contribution in [3.05, 3.63) is 84.4 Å². The van der Waals surface area contributed by atoms with E-state index < -0.39 is 0 Å². The van der Waals surface area contributed by atoms with Gasteiger partial charge in [0.15, 0.2) is 0 Å². The minimum atomic E-state index is -0.132. The van der Waals surface area contributed by atoms with Gasteiger partial charge in [0.25, 0.3) is 0 Å². The Morgan fingerprint density at radius 2 is 1.62 bits per heavy atom. The van der Waals surface area contributed by atoms with Crippen LogP contribution in [0, 0.1) is 5.92 Å². The second-order valence-electron chi connectivity index (χ2n) is 8.14. The van der Waals surface area contributed by atoms with E-state index in [4.69, 9.17) is 4.74 Å². The smallest absolute Gasteiger partial charge is 0.227 e. The second-order valence-corrected chi connectivity index (χ2v) is 8.14. The fourth-order valence-electron chi connectivity index (χ4n) is 3.54. The number of ether oxygens (including phenoxy) is 1. The minimum Gasteiger partial charge on any atom is -0.492 e. The molecule has 2 amide bonds. The molecule has 1 aliphatic carbocycles. The summed E-state index contributed by atoms with van der Waals surface area (Å²) in [5.41, 5.74) is 3.86. The van der Waals surface area contributed by atoms with Crippen LogP contribution in [-0.2, 0) is 9.59 Å². The Morgan fingerprint density at radius 1 is 0.938 bits per heavy atom. The number of anilines is 1. The van der Waals surface area contributed by atoms with Gasteiger partial charge in [-0.1, -0.05) is 60.7 Å². The van der Waals surface area contributed by atoms with Crippen LogP contribution in [0.25, 0.3) is 11.1 Å². The summed E-state index contributed by atoms with van der Waals surface area (Å²) in [6, 6.07) is 25.4. The van der Waals surface area contributed by atoms with E-state index in [9.17, 15) is 9.59 Å². The molecule has 3 aromatic carbocycles. The number of rotatable bonds is 9. The van der Waals surface area contributed by atoms with Gasteiger partial charge in [-0.05, 0) is 49.1 Å². The highest BCUT2D eigenvalue weighted by Crippen LogP contribution is 2.31. The largest absolute Gasteiger partial charge is 0.492 e. The molecule has 5 nitrogen and oxygen atoms in total. The first-order valence-corrected chi connectivity index (χ1v) is 11.1.